The van der Waals surface area contributed by atoms with E-state index in [9.17, 15) is 9.18 Å². The van der Waals surface area contributed by atoms with E-state index in [4.69, 9.17) is 10.1 Å². The minimum absolute atomic E-state index is 0.0139. The molecule has 1 aliphatic carbocycles. The molecule has 4 aromatic rings. The Hall–Kier alpha value is -3.81. The summed E-state index contributed by atoms with van der Waals surface area (Å²) in [6.45, 7) is 1.31. The highest BCUT2D eigenvalue weighted by atomic mass is 19.1. The Morgan fingerprint density at radius 1 is 1.00 bits per heavy atom. The molecule has 172 valence electrons. The number of fused-ring (bicyclic) bond motifs is 1. The molecular weight excluding hydrogens is 431 g/mol. The third-order valence-electron chi connectivity index (χ3n) is 6.91. The predicted molar refractivity (Wildman–Crippen MR) is 125 cm³/mol. The van der Waals surface area contributed by atoms with E-state index in [-0.39, 0.29) is 17.6 Å². The molecule has 0 unspecified atom stereocenters. The number of rotatable bonds is 4. The van der Waals surface area contributed by atoms with Gasteiger partial charge in [-0.25, -0.2) is 14.1 Å². The van der Waals surface area contributed by atoms with Gasteiger partial charge in [0, 0.05) is 35.8 Å². The van der Waals surface area contributed by atoms with Gasteiger partial charge in [0.15, 0.2) is 11.5 Å². The van der Waals surface area contributed by atoms with Crippen molar-refractivity contribution in [2.75, 3.05) is 13.1 Å². The molecule has 1 amide bonds. The summed E-state index contributed by atoms with van der Waals surface area (Å²) in [5.74, 6) is 1.54. The van der Waals surface area contributed by atoms with Crippen molar-refractivity contribution in [3.8, 4) is 17.1 Å². The van der Waals surface area contributed by atoms with E-state index >= 15 is 0 Å². The fourth-order valence-corrected chi connectivity index (χ4v) is 5.08. The maximum atomic E-state index is 13.4. The molecule has 2 aromatic heterocycles. The fourth-order valence-electron chi connectivity index (χ4n) is 5.08. The number of carbonyl (C=O) groups excluding carboxylic acids is 1. The highest BCUT2D eigenvalue weighted by molar-refractivity contribution is 5.94. The molecule has 7 nitrogen and oxygen atoms in total. The second-order valence-electron chi connectivity index (χ2n) is 8.99. The van der Waals surface area contributed by atoms with Gasteiger partial charge in [0.25, 0.3) is 5.91 Å². The topological polar surface area (TPSA) is 79.7 Å². The van der Waals surface area contributed by atoms with Crippen LogP contribution in [-0.2, 0) is 12.8 Å². The third kappa shape index (κ3) is 3.69. The lowest BCUT2D eigenvalue weighted by Gasteiger charge is -2.30. The number of amides is 1. The van der Waals surface area contributed by atoms with Crippen LogP contribution in [0.25, 0.3) is 17.1 Å². The lowest BCUT2D eigenvalue weighted by Crippen LogP contribution is -2.38. The minimum atomic E-state index is -0.283. The lowest BCUT2D eigenvalue weighted by molar-refractivity contribution is 0.0703. The molecule has 1 fully saturated rings. The molecule has 34 heavy (non-hydrogen) atoms. The van der Waals surface area contributed by atoms with Gasteiger partial charge in [-0.1, -0.05) is 30.3 Å². The van der Waals surface area contributed by atoms with Crippen molar-refractivity contribution in [2.45, 2.75) is 38.0 Å². The van der Waals surface area contributed by atoms with E-state index < -0.39 is 0 Å². The molecule has 8 heteroatoms. The standard InChI is InChI=1S/C26H25FN6O/c27-19-9-11-20(12-10-19)33-22-8-4-7-21(22)23(31-33)26(34)32-15-13-18(14-16-32)25-28-24(29-30-25)17-5-2-1-3-6-17/h1-3,5-6,9-12,18H,4,7-8,13-16H2,(H,28,29,30). The number of H-pyrrole nitrogens is 1. The van der Waals surface area contributed by atoms with Crippen LogP contribution in [0.3, 0.4) is 0 Å². The van der Waals surface area contributed by atoms with E-state index in [1.807, 2.05) is 39.9 Å². The van der Waals surface area contributed by atoms with Crippen LogP contribution < -0.4 is 0 Å². The molecule has 3 heterocycles. The van der Waals surface area contributed by atoms with Gasteiger partial charge in [0.1, 0.15) is 11.6 Å². The van der Waals surface area contributed by atoms with Gasteiger partial charge in [-0.15, -0.1) is 0 Å². The molecule has 2 aliphatic rings. The maximum Gasteiger partial charge on any atom is 0.274 e. The molecule has 0 bridgehead atoms. The Kier molecular flexibility index (Phi) is 5.20. The summed E-state index contributed by atoms with van der Waals surface area (Å²) in [6.07, 6.45) is 4.40. The Morgan fingerprint density at radius 2 is 1.76 bits per heavy atom. The van der Waals surface area contributed by atoms with Crippen LogP contribution in [0.15, 0.2) is 54.6 Å². The Balaban J connectivity index is 1.17. The number of nitrogens with one attached hydrogen (secondary N) is 1. The summed E-state index contributed by atoms with van der Waals surface area (Å²) in [5, 5.41) is 12.2. The monoisotopic (exact) mass is 456 g/mol. The zero-order chi connectivity index (χ0) is 23.1. The highest BCUT2D eigenvalue weighted by Gasteiger charge is 2.32. The van der Waals surface area contributed by atoms with Crippen LogP contribution in [0.5, 0.6) is 0 Å². The van der Waals surface area contributed by atoms with E-state index in [0.717, 1.165) is 60.4 Å². The average molecular weight is 457 g/mol. The number of aromatic nitrogens is 5. The number of hydrogen-bond donors (Lipinski definition) is 1. The van der Waals surface area contributed by atoms with Gasteiger partial charge >= 0.3 is 0 Å². The molecule has 1 saturated heterocycles. The number of aromatic amines is 1. The average Bonchev–Trinajstić information content (AvgIpc) is 3.62. The van der Waals surface area contributed by atoms with E-state index in [2.05, 4.69) is 10.2 Å². The smallest absolute Gasteiger partial charge is 0.274 e. The van der Waals surface area contributed by atoms with Crippen molar-refractivity contribution in [1.82, 2.24) is 29.9 Å². The highest BCUT2D eigenvalue weighted by Crippen LogP contribution is 2.31. The minimum Gasteiger partial charge on any atom is -0.337 e. The van der Waals surface area contributed by atoms with E-state index in [0.29, 0.717) is 24.6 Å². The van der Waals surface area contributed by atoms with Crippen LogP contribution in [-0.4, -0.2) is 48.9 Å². The van der Waals surface area contributed by atoms with Gasteiger partial charge in [-0.2, -0.15) is 10.2 Å². The second-order valence-corrected chi connectivity index (χ2v) is 8.99. The van der Waals surface area contributed by atoms with Crippen LogP contribution >= 0.6 is 0 Å². The molecule has 1 aliphatic heterocycles. The zero-order valence-electron chi connectivity index (χ0n) is 18.7. The molecule has 0 radical (unpaired) electrons. The van der Waals surface area contributed by atoms with Crippen LogP contribution in [0.1, 0.15) is 52.8 Å². The molecule has 0 spiro atoms. The van der Waals surface area contributed by atoms with Crippen molar-refractivity contribution in [3.05, 3.63) is 83.2 Å². The fraction of sp³-hybridized carbons (Fsp3) is 0.308. The van der Waals surface area contributed by atoms with Crippen molar-refractivity contribution in [3.63, 3.8) is 0 Å². The Bertz CT molecular complexity index is 1320. The number of piperidine rings is 1. The van der Waals surface area contributed by atoms with Gasteiger partial charge in [0.2, 0.25) is 0 Å². The van der Waals surface area contributed by atoms with Crippen LogP contribution in [0, 0.1) is 5.82 Å². The second kappa shape index (κ2) is 8.52. The Labute approximate surface area is 196 Å². The quantitative estimate of drug-likeness (QED) is 0.496. The normalized spacial score (nSPS) is 16.1. The summed E-state index contributed by atoms with van der Waals surface area (Å²) < 4.78 is 15.2. The largest absolute Gasteiger partial charge is 0.337 e. The lowest BCUT2D eigenvalue weighted by atomic mass is 9.95. The first-order valence-corrected chi connectivity index (χ1v) is 11.8. The van der Waals surface area contributed by atoms with Gasteiger partial charge in [-0.3, -0.25) is 9.89 Å². The van der Waals surface area contributed by atoms with Crippen LogP contribution in [0.2, 0.25) is 0 Å². The summed E-state index contributed by atoms with van der Waals surface area (Å²) in [6, 6.07) is 16.2. The molecule has 1 N–H and O–H groups in total. The van der Waals surface area contributed by atoms with Crippen molar-refractivity contribution < 1.29 is 9.18 Å². The van der Waals surface area contributed by atoms with Gasteiger partial charge < -0.3 is 4.90 Å². The molecule has 2 aromatic carbocycles. The van der Waals surface area contributed by atoms with Gasteiger partial charge in [0.05, 0.1) is 5.69 Å². The van der Waals surface area contributed by atoms with Crippen LogP contribution in [0.4, 0.5) is 4.39 Å². The number of nitrogens with zero attached hydrogens (tertiary/aromatic N) is 5. The van der Waals surface area contributed by atoms with Crippen molar-refractivity contribution in [2.24, 2.45) is 0 Å². The first-order valence-electron chi connectivity index (χ1n) is 11.8. The number of likely N-dealkylation sites (tertiary alicyclic amines) is 1. The number of hydrogen-bond acceptors (Lipinski definition) is 4. The number of benzene rings is 2. The van der Waals surface area contributed by atoms with E-state index in [1.54, 1.807) is 12.1 Å². The predicted octanol–water partition coefficient (Wildman–Crippen LogP) is 4.31. The van der Waals surface area contributed by atoms with E-state index in [1.165, 1.54) is 12.1 Å². The molecular formula is C26H25FN6O. The zero-order valence-corrected chi connectivity index (χ0v) is 18.7. The Morgan fingerprint density at radius 3 is 2.53 bits per heavy atom. The third-order valence-corrected chi connectivity index (χ3v) is 6.91. The number of carbonyl (C=O) groups is 1. The molecule has 0 saturated carbocycles. The molecule has 0 atom stereocenters. The first kappa shape index (κ1) is 20.8. The summed E-state index contributed by atoms with van der Waals surface area (Å²) >= 11 is 0. The molecule has 6 rings (SSSR count). The summed E-state index contributed by atoms with van der Waals surface area (Å²) in [4.78, 5) is 20.1. The van der Waals surface area contributed by atoms with Gasteiger partial charge in [-0.05, 0) is 56.4 Å². The SMILES string of the molecule is O=C(c1nn(-c2ccc(F)cc2)c2c1CCC2)N1CCC(c2nc(-c3ccccc3)n[nH]2)CC1. The number of halogens is 1. The maximum absolute atomic E-state index is 13.4. The van der Waals surface area contributed by atoms with Crippen molar-refractivity contribution >= 4 is 5.91 Å². The first-order chi connectivity index (χ1) is 16.7. The van der Waals surface area contributed by atoms with Crippen molar-refractivity contribution in [1.29, 1.82) is 0 Å². The summed E-state index contributed by atoms with van der Waals surface area (Å²) in [7, 11) is 0. The summed E-state index contributed by atoms with van der Waals surface area (Å²) in [5.41, 5.74) is 4.43.